The van der Waals surface area contributed by atoms with Gasteiger partial charge in [0, 0.05) is 0 Å². The van der Waals surface area contributed by atoms with Crippen molar-refractivity contribution in [3.05, 3.63) is 11.6 Å². The molecule has 2 heteroatoms. The van der Waals surface area contributed by atoms with E-state index in [0.29, 0.717) is 10.8 Å². The van der Waals surface area contributed by atoms with Crippen molar-refractivity contribution in [2.75, 3.05) is 0 Å². The summed E-state index contributed by atoms with van der Waals surface area (Å²) in [4.78, 5) is 0. The number of rotatable bonds is 6. The second-order valence-corrected chi connectivity index (χ2v) is 12.1. The summed E-state index contributed by atoms with van der Waals surface area (Å²) in [7, 11) is 0. The number of aliphatic hydroxyl groups excluding tert-OH is 1. The van der Waals surface area contributed by atoms with Gasteiger partial charge in [0.1, 0.15) is 0 Å². The van der Waals surface area contributed by atoms with Crippen LogP contribution in [0.5, 0.6) is 0 Å². The Balaban J connectivity index is 0.00000132. The molecule has 2 N–H and O–H groups in total. The van der Waals surface area contributed by atoms with E-state index in [-0.39, 0.29) is 6.10 Å². The Hall–Kier alpha value is -0.340. The van der Waals surface area contributed by atoms with Gasteiger partial charge in [-0.25, -0.2) is 0 Å². The maximum absolute atomic E-state index is 10.6. The van der Waals surface area contributed by atoms with Crippen molar-refractivity contribution in [1.29, 1.82) is 0 Å². The van der Waals surface area contributed by atoms with E-state index in [0.717, 1.165) is 55.8 Å². The monoisotopic (exact) mass is 432 g/mol. The number of allylic oxidation sites excluding steroid dienone is 1. The van der Waals surface area contributed by atoms with Gasteiger partial charge in [-0.05, 0) is 112 Å². The molecule has 0 heterocycles. The highest BCUT2D eigenvalue weighted by Crippen LogP contribution is 2.66. The van der Waals surface area contributed by atoms with Crippen LogP contribution in [0, 0.1) is 34.5 Å². The van der Waals surface area contributed by atoms with E-state index < -0.39 is 5.60 Å². The molecule has 0 saturated heterocycles. The molecule has 0 amide bonds. The third-order valence-electron chi connectivity index (χ3n) is 10.3. The Morgan fingerprint density at radius 2 is 1.77 bits per heavy atom. The van der Waals surface area contributed by atoms with Crippen LogP contribution in [0.2, 0.25) is 0 Å². The van der Waals surface area contributed by atoms with Crippen molar-refractivity contribution in [2.45, 2.75) is 137 Å². The quantitative estimate of drug-likeness (QED) is 0.423. The maximum Gasteiger partial charge on any atom is 0.0619 e. The zero-order valence-electron chi connectivity index (χ0n) is 21.6. The van der Waals surface area contributed by atoms with Crippen LogP contribution in [0.1, 0.15) is 125 Å². The summed E-state index contributed by atoms with van der Waals surface area (Å²) in [6.45, 7) is 13.4. The van der Waals surface area contributed by atoms with Crippen molar-refractivity contribution in [3.8, 4) is 0 Å². The second-order valence-electron chi connectivity index (χ2n) is 12.1. The molecule has 0 radical (unpaired) electrons. The molecule has 0 spiro atoms. The lowest BCUT2D eigenvalue weighted by molar-refractivity contribution is -0.0517. The van der Waals surface area contributed by atoms with Crippen molar-refractivity contribution >= 4 is 0 Å². The molecular weight excluding hydrogens is 380 g/mol. The fraction of sp³-hybridized carbons (Fsp3) is 0.931. The Morgan fingerprint density at radius 1 is 1.03 bits per heavy atom. The van der Waals surface area contributed by atoms with E-state index in [2.05, 4.69) is 26.8 Å². The molecule has 31 heavy (non-hydrogen) atoms. The molecule has 3 fully saturated rings. The summed E-state index contributed by atoms with van der Waals surface area (Å²) < 4.78 is 0. The molecule has 4 rings (SSSR count). The lowest BCUT2D eigenvalue weighted by Gasteiger charge is -2.58. The molecule has 0 aliphatic heterocycles. The zero-order valence-corrected chi connectivity index (χ0v) is 21.6. The molecule has 180 valence electrons. The summed E-state index contributed by atoms with van der Waals surface area (Å²) >= 11 is 0. The summed E-state index contributed by atoms with van der Waals surface area (Å²) in [5.74, 6) is 3.46. The molecule has 0 aromatic rings. The van der Waals surface area contributed by atoms with Crippen molar-refractivity contribution in [1.82, 2.24) is 0 Å². The molecule has 6 unspecified atom stereocenters. The highest BCUT2D eigenvalue weighted by molar-refractivity contribution is 5.25. The third kappa shape index (κ3) is 4.81. The van der Waals surface area contributed by atoms with Crippen molar-refractivity contribution in [2.24, 2.45) is 34.5 Å². The number of fused-ring (bicyclic) bond motifs is 5. The first kappa shape index (κ1) is 25.3. The van der Waals surface area contributed by atoms with Crippen molar-refractivity contribution < 1.29 is 10.2 Å². The molecule has 0 aromatic carbocycles. The van der Waals surface area contributed by atoms with Gasteiger partial charge in [0.15, 0.2) is 0 Å². The molecule has 4 aliphatic rings. The normalized spacial score (nSPS) is 43.5. The van der Waals surface area contributed by atoms with Gasteiger partial charge in [-0.15, -0.1) is 0 Å². The number of hydrogen-bond donors (Lipinski definition) is 2. The highest BCUT2D eigenvalue weighted by atomic mass is 16.3. The average Bonchev–Trinajstić information content (AvgIpc) is 3.06. The van der Waals surface area contributed by atoms with Gasteiger partial charge in [-0.1, -0.05) is 59.1 Å². The Kier molecular flexibility index (Phi) is 8.06. The predicted molar refractivity (Wildman–Crippen MR) is 132 cm³/mol. The molecule has 0 aromatic heterocycles. The first-order chi connectivity index (χ1) is 14.7. The smallest absolute Gasteiger partial charge is 0.0619 e. The van der Waals surface area contributed by atoms with Crippen LogP contribution < -0.4 is 0 Å². The van der Waals surface area contributed by atoms with E-state index >= 15 is 0 Å². The van der Waals surface area contributed by atoms with Crippen molar-refractivity contribution in [3.63, 3.8) is 0 Å². The molecular formula is C29H52O2. The molecule has 4 aliphatic carbocycles. The molecule has 2 nitrogen and oxygen atoms in total. The van der Waals surface area contributed by atoms with Crippen LogP contribution in [-0.2, 0) is 0 Å². The second kappa shape index (κ2) is 9.88. The average molecular weight is 433 g/mol. The fourth-order valence-corrected chi connectivity index (χ4v) is 8.62. The third-order valence-corrected chi connectivity index (χ3v) is 10.3. The Bertz CT molecular complexity index is 622. The lowest BCUT2D eigenvalue weighted by Crippen LogP contribution is -2.50. The van der Waals surface area contributed by atoms with E-state index in [4.69, 9.17) is 0 Å². The van der Waals surface area contributed by atoms with Crippen LogP contribution >= 0.6 is 0 Å². The predicted octanol–water partition coefficient (Wildman–Crippen LogP) is 7.67. The Labute approximate surface area is 193 Å². The van der Waals surface area contributed by atoms with Crippen LogP contribution in [0.4, 0.5) is 0 Å². The minimum atomic E-state index is -0.462. The summed E-state index contributed by atoms with van der Waals surface area (Å²) in [5.41, 5.74) is 2.01. The summed E-state index contributed by atoms with van der Waals surface area (Å²) in [6, 6.07) is 0. The highest BCUT2D eigenvalue weighted by Gasteiger charge is 2.58. The topological polar surface area (TPSA) is 40.5 Å². The van der Waals surface area contributed by atoms with Gasteiger partial charge in [-0.3, -0.25) is 0 Å². The van der Waals surface area contributed by atoms with E-state index in [1.165, 1.54) is 51.4 Å². The minimum absolute atomic E-state index is 0.0967. The number of hydrogen-bond acceptors (Lipinski definition) is 2. The SMILES string of the molecule is CC.CCC[C@](C)(O)CCC[C@H]1CCC2C3CC=C4CC(O)CCC4(C)C3CCC21C. The van der Waals surface area contributed by atoms with E-state index in [1.807, 2.05) is 20.8 Å². The minimum Gasteiger partial charge on any atom is -0.393 e. The van der Waals surface area contributed by atoms with Crippen LogP contribution in [-0.4, -0.2) is 21.9 Å². The van der Waals surface area contributed by atoms with Gasteiger partial charge in [0.2, 0.25) is 0 Å². The molecule has 0 bridgehead atoms. The van der Waals surface area contributed by atoms with Gasteiger partial charge < -0.3 is 10.2 Å². The Morgan fingerprint density at radius 3 is 2.48 bits per heavy atom. The van der Waals surface area contributed by atoms with Crippen LogP contribution in [0.15, 0.2) is 11.6 Å². The first-order valence-corrected chi connectivity index (χ1v) is 13.8. The van der Waals surface area contributed by atoms with Gasteiger partial charge in [-0.2, -0.15) is 0 Å². The fourth-order valence-electron chi connectivity index (χ4n) is 8.62. The van der Waals surface area contributed by atoms with Crippen LogP contribution in [0.25, 0.3) is 0 Å². The van der Waals surface area contributed by atoms with Gasteiger partial charge >= 0.3 is 0 Å². The summed E-state index contributed by atoms with van der Waals surface area (Å²) in [6.07, 6.45) is 18.0. The zero-order chi connectivity index (χ0) is 22.9. The molecule has 8 atom stereocenters. The van der Waals surface area contributed by atoms with Crippen LogP contribution in [0.3, 0.4) is 0 Å². The van der Waals surface area contributed by atoms with E-state index in [1.54, 1.807) is 5.57 Å². The maximum atomic E-state index is 10.6. The first-order valence-electron chi connectivity index (χ1n) is 13.8. The number of aliphatic hydroxyl groups is 2. The molecule has 3 saturated carbocycles. The van der Waals surface area contributed by atoms with E-state index in [9.17, 15) is 10.2 Å². The largest absolute Gasteiger partial charge is 0.393 e. The lowest BCUT2D eigenvalue weighted by atomic mass is 9.47. The standard InChI is InChI=1S/C27H46O2.C2H6/c1-5-14-25(2,29)15-6-7-19-9-11-23-22-10-8-20-18-21(28)12-16-27(20,4)24(22)13-17-26(19,23)3;1-2/h8,19,21-24,28-29H,5-7,9-18H2,1-4H3;1-2H3/t19-,21?,22?,23?,24?,25-,26?,27?;/m0./s1. The van der Waals surface area contributed by atoms with Gasteiger partial charge in [0.25, 0.3) is 0 Å². The summed E-state index contributed by atoms with van der Waals surface area (Å²) in [5, 5.41) is 20.8. The van der Waals surface area contributed by atoms with Gasteiger partial charge in [0.05, 0.1) is 11.7 Å².